The summed E-state index contributed by atoms with van der Waals surface area (Å²) in [6.07, 6.45) is 6.91. The molecule has 1 aromatic heterocycles. The Kier molecular flexibility index (Phi) is 6.29. The minimum atomic E-state index is -0.154. The molecule has 2 unspecified atom stereocenters. The number of aromatic nitrogens is 1. The Morgan fingerprint density at radius 3 is 2.50 bits per heavy atom. The van der Waals surface area contributed by atoms with Gasteiger partial charge in [-0.3, -0.25) is 9.88 Å². The highest BCUT2D eigenvalue weighted by atomic mass is 16.5. The lowest BCUT2D eigenvalue weighted by molar-refractivity contribution is -0.113. The maximum Gasteiger partial charge on any atom is 0.137 e. The van der Waals surface area contributed by atoms with E-state index in [0.29, 0.717) is 6.54 Å². The fourth-order valence-electron chi connectivity index (χ4n) is 4.56. The largest absolute Gasteiger partial charge is 0.496 e. The van der Waals surface area contributed by atoms with Crippen LogP contribution in [0, 0.1) is 0 Å². The van der Waals surface area contributed by atoms with E-state index in [1.54, 1.807) is 14.2 Å². The third-order valence-corrected chi connectivity index (χ3v) is 6.02. The lowest BCUT2D eigenvalue weighted by Crippen LogP contribution is -2.38. The van der Waals surface area contributed by atoms with Gasteiger partial charge in [0.1, 0.15) is 17.8 Å². The Bertz CT molecular complexity index is 998. The van der Waals surface area contributed by atoms with Crippen molar-refractivity contribution in [1.29, 1.82) is 0 Å². The van der Waals surface area contributed by atoms with Gasteiger partial charge in [-0.2, -0.15) is 0 Å². The summed E-state index contributed by atoms with van der Waals surface area (Å²) in [5, 5.41) is 1.11. The van der Waals surface area contributed by atoms with Crippen molar-refractivity contribution in [2.75, 3.05) is 14.2 Å². The van der Waals surface area contributed by atoms with Crippen LogP contribution in [0.4, 0.5) is 0 Å². The molecular weight excluding hydrogens is 376 g/mol. The number of para-hydroxylation sites is 1. The monoisotopic (exact) mass is 404 g/mol. The Hall–Kier alpha value is -2.92. The molecule has 1 aliphatic heterocycles. The van der Waals surface area contributed by atoms with E-state index in [1.807, 2.05) is 42.6 Å². The first-order chi connectivity index (χ1) is 14.7. The quantitative estimate of drug-likeness (QED) is 0.545. The van der Waals surface area contributed by atoms with Crippen LogP contribution in [0.25, 0.3) is 10.9 Å². The zero-order chi connectivity index (χ0) is 20.9. The fourth-order valence-corrected chi connectivity index (χ4v) is 4.56. The van der Waals surface area contributed by atoms with E-state index in [2.05, 4.69) is 22.0 Å². The summed E-state index contributed by atoms with van der Waals surface area (Å²) in [4.78, 5) is 19.0. The van der Waals surface area contributed by atoms with Gasteiger partial charge in [-0.25, -0.2) is 0 Å². The van der Waals surface area contributed by atoms with E-state index in [-0.39, 0.29) is 12.1 Å². The molecule has 1 fully saturated rings. The van der Waals surface area contributed by atoms with Crippen LogP contribution in [0.5, 0.6) is 11.5 Å². The van der Waals surface area contributed by atoms with Crippen LogP contribution in [0.15, 0.2) is 54.7 Å². The molecule has 4 rings (SSSR count). The van der Waals surface area contributed by atoms with E-state index >= 15 is 0 Å². The average molecular weight is 405 g/mol. The van der Waals surface area contributed by atoms with Gasteiger partial charge in [0.25, 0.3) is 0 Å². The second-order valence-electron chi connectivity index (χ2n) is 7.79. The van der Waals surface area contributed by atoms with Gasteiger partial charge in [0.2, 0.25) is 0 Å². The molecule has 0 N–H and O–H groups in total. The second kappa shape index (κ2) is 9.26. The highest BCUT2D eigenvalue weighted by Crippen LogP contribution is 2.43. The van der Waals surface area contributed by atoms with E-state index in [9.17, 15) is 4.79 Å². The number of methoxy groups -OCH3 is 2. The Morgan fingerprint density at radius 2 is 1.77 bits per heavy atom. The first-order valence-electron chi connectivity index (χ1n) is 10.5. The number of hydrogen-bond donors (Lipinski definition) is 0. The minimum Gasteiger partial charge on any atom is -0.496 e. The molecule has 0 spiro atoms. The second-order valence-corrected chi connectivity index (χ2v) is 7.79. The summed E-state index contributed by atoms with van der Waals surface area (Å²) in [5.41, 5.74) is 3.10. The first kappa shape index (κ1) is 20.4. The predicted molar refractivity (Wildman–Crippen MR) is 118 cm³/mol. The van der Waals surface area contributed by atoms with E-state index in [1.165, 1.54) is 0 Å². The molecule has 5 nitrogen and oxygen atoms in total. The number of fused-ring (bicyclic) bond motifs is 1. The number of ether oxygens (including phenoxy) is 2. The molecule has 2 atom stereocenters. The molecule has 0 bridgehead atoms. The number of carbonyl (C=O) groups excluding carboxylic acids is 1. The molecule has 0 saturated carbocycles. The maximum atomic E-state index is 12.1. The van der Waals surface area contributed by atoms with Gasteiger partial charge in [-0.15, -0.1) is 0 Å². The molecule has 156 valence electrons. The molecular formula is C25H28N2O3. The lowest BCUT2D eigenvalue weighted by atomic mass is 9.97. The molecule has 5 heteroatoms. The molecule has 0 aliphatic carbocycles. The number of benzene rings is 2. The lowest BCUT2D eigenvalue weighted by Gasteiger charge is -2.35. The van der Waals surface area contributed by atoms with Gasteiger partial charge in [0, 0.05) is 24.2 Å². The van der Waals surface area contributed by atoms with Gasteiger partial charge in [0.05, 0.1) is 31.3 Å². The topological polar surface area (TPSA) is 51.7 Å². The van der Waals surface area contributed by atoms with Crippen LogP contribution in [0.3, 0.4) is 0 Å². The number of rotatable bonds is 6. The standard InChI is InChI=1S/C25H28N2O3/c1-29-23-12-7-13-24(30-2)25(23)22-11-6-4-9-20(17-28)27(22)16-18-14-19-8-3-5-10-21(19)26-15-18/h3,5,7-8,10,12-15,17,20,22H,4,6,9,11,16H2,1-2H3. The van der Waals surface area contributed by atoms with Crippen molar-refractivity contribution >= 4 is 17.2 Å². The van der Waals surface area contributed by atoms with Crippen LogP contribution in [0.1, 0.15) is 42.9 Å². The van der Waals surface area contributed by atoms with Crippen molar-refractivity contribution in [2.45, 2.75) is 44.3 Å². The Morgan fingerprint density at radius 1 is 1.03 bits per heavy atom. The van der Waals surface area contributed by atoms with Crippen LogP contribution in [-0.2, 0) is 11.3 Å². The van der Waals surface area contributed by atoms with E-state index < -0.39 is 0 Å². The maximum absolute atomic E-state index is 12.1. The Labute approximate surface area is 177 Å². The van der Waals surface area contributed by atoms with Crippen molar-refractivity contribution in [2.24, 2.45) is 0 Å². The minimum absolute atomic E-state index is 0.0280. The summed E-state index contributed by atoms with van der Waals surface area (Å²) >= 11 is 0. The summed E-state index contributed by atoms with van der Waals surface area (Å²) < 4.78 is 11.4. The predicted octanol–water partition coefficient (Wildman–Crippen LogP) is 4.94. The smallest absolute Gasteiger partial charge is 0.137 e. The van der Waals surface area contributed by atoms with Crippen molar-refractivity contribution in [3.63, 3.8) is 0 Å². The van der Waals surface area contributed by atoms with Gasteiger partial charge < -0.3 is 14.3 Å². The molecule has 0 radical (unpaired) electrons. The summed E-state index contributed by atoms with van der Waals surface area (Å²) in [7, 11) is 3.37. The Balaban J connectivity index is 1.77. The molecule has 1 saturated heterocycles. The highest BCUT2D eigenvalue weighted by Gasteiger charge is 2.33. The van der Waals surface area contributed by atoms with Crippen LogP contribution in [-0.4, -0.2) is 36.4 Å². The first-order valence-corrected chi connectivity index (χ1v) is 10.5. The number of hydrogen-bond acceptors (Lipinski definition) is 5. The molecule has 2 heterocycles. The third-order valence-electron chi connectivity index (χ3n) is 6.02. The number of likely N-dealkylation sites (tertiary alicyclic amines) is 1. The van der Waals surface area contributed by atoms with E-state index in [4.69, 9.17) is 9.47 Å². The van der Waals surface area contributed by atoms with Gasteiger partial charge >= 0.3 is 0 Å². The number of nitrogens with zero attached hydrogens (tertiary/aromatic N) is 2. The third kappa shape index (κ3) is 4.03. The zero-order valence-corrected chi connectivity index (χ0v) is 17.6. The number of carbonyl (C=O) groups is 1. The zero-order valence-electron chi connectivity index (χ0n) is 17.6. The molecule has 30 heavy (non-hydrogen) atoms. The van der Waals surface area contributed by atoms with Crippen molar-refractivity contribution in [3.8, 4) is 11.5 Å². The molecule has 0 amide bonds. The van der Waals surface area contributed by atoms with Crippen LogP contribution >= 0.6 is 0 Å². The van der Waals surface area contributed by atoms with Crippen molar-refractivity contribution in [1.82, 2.24) is 9.88 Å². The van der Waals surface area contributed by atoms with Crippen molar-refractivity contribution < 1.29 is 14.3 Å². The summed E-state index contributed by atoms with van der Waals surface area (Å²) in [6, 6.07) is 16.0. The summed E-state index contributed by atoms with van der Waals surface area (Å²) in [5.74, 6) is 1.60. The summed E-state index contributed by atoms with van der Waals surface area (Å²) in [6.45, 7) is 0.646. The van der Waals surface area contributed by atoms with Gasteiger partial charge in [0.15, 0.2) is 0 Å². The number of pyridine rings is 1. The number of aldehydes is 1. The van der Waals surface area contributed by atoms with Crippen molar-refractivity contribution in [3.05, 3.63) is 65.9 Å². The van der Waals surface area contributed by atoms with Crippen LogP contribution in [0.2, 0.25) is 0 Å². The molecule has 2 aromatic carbocycles. The molecule has 3 aromatic rings. The van der Waals surface area contributed by atoms with Gasteiger partial charge in [-0.1, -0.05) is 37.1 Å². The highest BCUT2D eigenvalue weighted by molar-refractivity contribution is 5.78. The molecule has 1 aliphatic rings. The average Bonchev–Trinajstić information content (AvgIpc) is 3.00. The SMILES string of the molecule is COc1cccc(OC)c1C1CCCCC(C=O)N1Cc1cnc2ccccc2c1. The van der Waals surface area contributed by atoms with E-state index in [0.717, 1.165) is 65.5 Å². The van der Waals surface area contributed by atoms with Crippen LogP contribution < -0.4 is 9.47 Å². The fraction of sp³-hybridized carbons (Fsp3) is 0.360. The normalized spacial score (nSPS) is 19.9. The van der Waals surface area contributed by atoms with Gasteiger partial charge in [-0.05, 0) is 42.7 Å².